The van der Waals surface area contributed by atoms with E-state index in [0.717, 1.165) is 22.7 Å². The van der Waals surface area contributed by atoms with Gasteiger partial charge in [-0.25, -0.2) is 4.98 Å². The molecule has 0 spiro atoms. The number of aromatic nitrogens is 1. The van der Waals surface area contributed by atoms with Crippen molar-refractivity contribution in [1.82, 2.24) is 10.3 Å². The Morgan fingerprint density at radius 1 is 1.43 bits per heavy atom. The highest BCUT2D eigenvalue weighted by Crippen LogP contribution is 2.28. The van der Waals surface area contributed by atoms with Gasteiger partial charge >= 0.3 is 0 Å². The molecule has 5 heteroatoms. The van der Waals surface area contributed by atoms with E-state index in [2.05, 4.69) is 10.3 Å². The van der Waals surface area contributed by atoms with Gasteiger partial charge in [0.15, 0.2) is 0 Å². The van der Waals surface area contributed by atoms with Crippen molar-refractivity contribution in [1.29, 1.82) is 0 Å². The molecule has 21 heavy (non-hydrogen) atoms. The first-order valence-corrected chi connectivity index (χ1v) is 8.13. The van der Waals surface area contributed by atoms with Crippen molar-refractivity contribution in [2.45, 2.75) is 39.7 Å². The number of nitrogens with zero attached hydrogens (tertiary/aromatic N) is 1. The van der Waals surface area contributed by atoms with Gasteiger partial charge in [0.05, 0.1) is 5.54 Å². The Bertz CT molecular complexity index is 668. The normalized spacial score (nSPS) is 13.8. The van der Waals surface area contributed by atoms with E-state index in [1.165, 1.54) is 0 Å². The van der Waals surface area contributed by atoms with Gasteiger partial charge in [0.2, 0.25) is 0 Å². The average Bonchev–Trinajstić information content (AvgIpc) is 2.88. The topological polar surface area (TPSA) is 42.0 Å². The highest BCUT2D eigenvalue weighted by molar-refractivity contribution is 7.09. The second-order valence-corrected chi connectivity index (χ2v) is 6.69. The number of carbonyl (C=O) groups is 1. The third-order valence-corrected chi connectivity index (χ3v) is 5.09. The number of nitrogens with one attached hydrogen (secondary N) is 1. The van der Waals surface area contributed by atoms with Gasteiger partial charge in [-0.05, 0) is 44.9 Å². The highest BCUT2D eigenvalue weighted by atomic mass is 35.5. The molecule has 112 valence electrons. The second kappa shape index (κ2) is 6.16. The van der Waals surface area contributed by atoms with E-state index in [1.54, 1.807) is 23.5 Å². The summed E-state index contributed by atoms with van der Waals surface area (Å²) in [6, 6.07) is 5.35. The van der Waals surface area contributed by atoms with Crippen LogP contribution in [0.5, 0.6) is 0 Å². The van der Waals surface area contributed by atoms with Crippen LogP contribution >= 0.6 is 22.9 Å². The molecule has 2 rings (SSSR count). The van der Waals surface area contributed by atoms with E-state index < -0.39 is 5.54 Å². The van der Waals surface area contributed by atoms with Crippen LogP contribution in [0.2, 0.25) is 5.02 Å². The third-order valence-electron chi connectivity index (χ3n) is 3.63. The molecule has 1 heterocycles. The SMILES string of the molecule is CCC(C)(NC(=O)c1cc(Cl)ccc1C)c1nc(C)cs1. The maximum absolute atomic E-state index is 12.6. The Balaban J connectivity index is 2.30. The third kappa shape index (κ3) is 3.44. The van der Waals surface area contributed by atoms with Gasteiger partial charge in [0, 0.05) is 21.7 Å². The molecular formula is C16H19ClN2OS. The predicted molar refractivity (Wildman–Crippen MR) is 88.1 cm³/mol. The van der Waals surface area contributed by atoms with Crippen molar-refractivity contribution < 1.29 is 4.79 Å². The molecule has 0 aliphatic heterocycles. The Morgan fingerprint density at radius 2 is 2.14 bits per heavy atom. The molecule has 1 N–H and O–H groups in total. The van der Waals surface area contributed by atoms with E-state index in [4.69, 9.17) is 11.6 Å². The molecule has 0 aliphatic carbocycles. The molecule has 0 radical (unpaired) electrons. The van der Waals surface area contributed by atoms with Crippen molar-refractivity contribution in [2.75, 3.05) is 0 Å². The Kier molecular flexibility index (Phi) is 4.69. The van der Waals surface area contributed by atoms with Gasteiger partial charge in [-0.1, -0.05) is 24.6 Å². The van der Waals surface area contributed by atoms with Crippen LogP contribution < -0.4 is 5.32 Å². The quantitative estimate of drug-likeness (QED) is 0.902. The van der Waals surface area contributed by atoms with Crippen molar-refractivity contribution in [2.24, 2.45) is 0 Å². The van der Waals surface area contributed by atoms with Gasteiger partial charge in [-0.3, -0.25) is 4.79 Å². The second-order valence-electron chi connectivity index (χ2n) is 5.39. The van der Waals surface area contributed by atoms with Gasteiger partial charge in [-0.2, -0.15) is 0 Å². The van der Waals surface area contributed by atoms with Crippen molar-refractivity contribution in [3.05, 3.63) is 50.4 Å². The maximum atomic E-state index is 12.6. The fourth-order valence-corrected chi connectivity index (χ4v) is 3.22. The first-order chi connectivity index (χ1) is 9.85. The summed E-state index contributed by atoms with van der Waals surface area (Å²) >= 11 is 7.57. The zero-order chi connectivity index (χ0) is 15.6. The lowest BCUT2D eigenvalue weighted by atomic mass is 9.98. The molecule has 0 saturated carbocycles. The van der Waals surface area contributed by atoms with E-state index in [9.17, 15) is 4.79 Å². The summed E-state index contributed by atoms with van der Waals surface area (Å²) in [6.45, 7) is 7.91. The summed E-state index contributed by atoms with van der Waals surface area (Å²) in [6.07, 6.45) is 0.769. The summed E-state index contributed by atoms with van der Waals surface area (Å²) in [7, 11) is 0. The lowest BCUT2D eigenvalue weighted by Gasteiger charge is -2.27. The van der Waals surface area contributed by atoms with Gasteiger partial charge in [-0.15, -0.1) is 11.3 Å². The zero-order valence-corrected chi connectivity index (χ0v) is 14.2. The lowest BCUT2D eigenvalue weighted by Crippen LogP contribution is -2.43. The minimum absolute atomic E-state index is 0.118. The van der Waals surface area contributed by atoms with E-state index in [-0.39, 0.29) is 5.91 Å². The molecule has 0 bridgehead atoms. The molecule has 0 saturated heterocycles. The number of hydrogen-bond donors (Lipinski definition) is 1. The fraction of sp³-hybridized carbons (Fsp3) is 0.375. The number of carbonyl (C=O) groups excluding carboxylic acids is 1. The molecule has 1 aromatic heterocycles. The van der Waals surface area contributed by atoms with Crippen molar-refractivity contribution in [3.63, 3.8) is 0 Å². The maximum Gasteiger partial charge on any atom is 0.252 e. The van der Waals surface area contributed by atoms with Crippen LogP contribution in [0, 0.1) is 13.8 Å². The summed E-state index contributed by atoms with van der Waals surface area (Å²) < 4.78 is 0. The zero-order valence-electron chi connectivity index (χ0n) is 12.7. The number of hydrogen-bond acceptors (Lipinski definition) is 3. The molecule has 0 fully saturated rings. The van der Waals surface area contributed by atoms with E-state index in [1.807, 2.05) is 39.1 Å². The van der Waals surface area contributed by atoms with Gasteiger partial charge in [0.25, 0.3) is 5.91 Å². The first kappa shape index (κ1) is 16.0. The van der Waals surface area contributed by atoms with Crippen molar-refractivity contribution >= 4 is 28.8 Å². The number of halogens is 1. The fourth-order valence-electron chi connectivity index (χ4n) is 2.06. The minimum Gasteiger partial charge on any atom is -0.340 e. The molecule has 1 unspecified atom stereocenters. The first-order valence-electron chi connectivity index (χ1n) is 6.87. The van der Waals surface area contributed by atoms with Crippen LogP contribution in [0.3, 0.4) is 0 Å². The monoisotopic (exact) mass is 322 g/mol. The molecule has 3 nitrogen and oxygen atoms in total. The van der Waals surface area contributed by atoms with Crippen molar-refractivity contribution in [3.8, 4) is 0 Å². The summed E-state index contributed by atoms with van der Waals surface area (Å²) in [5.41, 5.74) is 2.02. The van der Waals surface area contributed by atoms with Crippen LogP contribution in [0.25, 0.3) is 0 Å². The van der Waals surface area contributed by atoms with Crippen LogP contribution in [-0.2, 0) is 5.54 Å². The molecular weight excluding hydrogens is 304 g/mol. The molecule has 1 amide bonds. The minimum atomic E-state index is -0.467. The van der Waals surface area contributed by atoms with Crippen LogP contribution in [0.4, 0.5) is 0 Å². The van der Waals surface area contributed by atoms with Gasteiger partial charge < -0.3 is 5.32 Å². The van der Waals surface area contributed by atoms with Crippen LogP contribution in [-0.4, -0.2) is 10.9 Å². The highest BCUT2D eigenvalue weighted by Gasteiger charge is 2.30. The predicted octanol–water partition coefficient (Wildman–Crippen LogP) is 4.47. The lowest BCUT2D eigenvalue weighted by molar-refractivity contribution is 0.0901. The Hall–Kier alpha value is -1.39. The number of rotatable bonds is 4. The number of benzene rings is 1. The number of amides is 1. The summed E-state index contributed by atoms with van der Waals surface area (Å²) in [5, 5.41) is 6.60. The molecule has 1 aromatic carbocycles. The van der Waals surface area contributed by atoms with Crippen LogP contribution in [0.1, 0.15) is 46.9 Å². The van der Waals surface area contributed by atoms with E-state index >= 15 is 0 Å². The van der Waals surface area contributed by atoms with Gasteiger partial charge in [0.1, 0.15) is 5.01 Å². The molecule has 2 aromatic rings. The van der Waals surface area contributed by atoms with E-state index in [0.29, 0.717) is 10.6 Å². The summed E-state index contributed by atoms with van der Waals surface area (Å²) in [5.74, 6) is -0.118. The Labute approximate surface area is 134 Å². The average molecular weight is 323 g/mol. The summed E-state index contributed by atoms with van der Waals surface area (Å²) in [4.78, 5) is 17.1. The molecule has 0 aliphatic rings. The van der Waals surface area contributed by atoms with Crippen LogP contribution in [0.15, 0.2) is 23.6 Å². The number of aryl methyl sites for hydroxylation is 2. The smallest absolute Gasteiger partial charge is 0.252 e. The number of thiazole rings is 1. The Morgan fingerprint density at radius 3 is 2.71 bits per heavy atom. The molecule has 1 atom stereocenters. The standard InChI is InChI=1S/C16H19ClN2OS/c1-5-16(4,15-18-11(3)9-21-15)19-14(20)13-8-12(17)7-6-10(13)2/h6-9H,5H2,1-4H3,(H,19,20). The largest absolute Gasteiger partial charge is 0.340 e.